The lowest BCUT2D eigenvalue weighted by molar-refractivity contribution is 0.306. The Morgan fingerprint density at radius 2 is 2.12 bits per heavy atom. The molecular weight excluding hydrogens is 208 g/mol. The van der Waals surface area contributed by atoms with Crippen molar-refractivity contribution in [1.29, 1.82) is 5.26 Å². The highest BCUT2D eigenvalue weighted by molar-refractivity contribution is 5.35. The Balaban J connectivity index is 1.94. The lowest BCUT2D eigenvalue weighted by Gasteiger charge is -2.18. The van der Waals surface area contributed by atoms with Crippen LogP contribution < -0.4 is 0 Å². The van der Waals surface area contributed by atoms with Crippen molar-refractivity contribution in [1.82, 2.24) is 4.90 Å². The summed E-state index contributed by atoms with van der Waals surface area (Å²) in [7, 11) is 2.02. The molecule has 1 atom stereocenters. The molecule has 1 aliphatic carbocycles. The Kier molecular flexibility index (Phi) is 3.81. The minimum Gasteiger partial charge on any atom is -0.291 e. The van der Waals surface area contributed by atoms with Gasteiger partial charge in [0.2, 0.25) is 0 Å². The Morgan fingerprint density at radius 3 is 2.88 bits per heavy atom. The Bertz CT molecular complexity index is 431. The summed E-state index contributed by atoms with van der Waals surface area (Å²) in [5.74, 6) is 0. The molecule has 0 bridgehead atoms. The van der Waals surface area contributed by atoms with Crippen molar-refractivity contribution in [3.8, 4) is 6.07 Å². The summed E-state index contributed by atoms with van der Waals surface area (Å²) in [6.07, 6.45) is 4.84. The Hall–Kier alpha value is -1.33. The second kappa shape index (κ2) is 5.33. The Labute approximate surface area is 104 Å². The first kappa shape index (κ1) is 12.1. The maximum atomic E-state index is 8.84. The van der Waals surface area contributed by atoms with Gasteiger partial charge in [0, 0.05) is 6.54 Å². The zero-order chi connectivity index (χ0) is 12.3. The van der Waals surface area contributed by atoms with Crippen LogP contribution in [0.25, 0.3) is 0 Å². The van der Waals surface area contributed by atoms with Crippen LogP contribution in [-0.2, 0) is 19.3 Å². The number of benzene rings is 1. The van der Waals surface area contributed by atoms with E-state index in [1.54, 1.807) is 5.56 Å². The molecule has 1 aromatic rings. The molecule has 2 nitrogen and oxygen atoms in total. The van der Waals surface area contributed by atoms with E-state index in [0.29, 0.717) is 0 Å². The monoisotopic (exact) mass is 228 g/mol. The molecule has 90 valence electrons. The van der Waals surface area contributed by atoms with Crippen molar-refractivity contribution in [2.45, 2.75) is 38.6 Å². The van der Waals surface area contributed by atoms with Crippen molar-refractivity contribution in [2.75, 3.05) is 13.6 Å². The third-order valence-corrected chi connectivity index (χ3v) is 3.76. The average Bonchev–Trinajstić information content (AvgIpc) is 2.82. The fourth-order valence-electron chi connectivity index (χ4n) is 2.38. The maximum Gasteiger partial charge on any atom is 0.0946 e. The Morgan fingerprint density at radius 1 is 1.35 bits per heavy atom. The normalized spacial score (nSPS) is 15.6. The molecule has 0 N–H and O–H groups in total. The van der Waals surface area contributed by atoms with E-state index in [1.807, 2.05) is 14.0 Å². The number of hydrogen-bond donors (Lipinski definition) is 0. The van der Waals surface area contributed by atoms with Gasteiger partial charge >= 0.3 is 0 Å². The van der Waals surface area contributed by atoms with Crippen LogP contribution in [0.4, 0.5) is 0 Å². The van der Waals surface area contributed by atoms with Crippen LogP contribution >= 0.6 is 0 Å². The molecule has 0 aromatic heterocycles. The zero-order valence-corrected chi connectivity index (χ0v) is 10.7. The first-order valence-electron chi connectivity index (χ1n) is 6.41. The van der Waals surface area contributed by atoms with E-state index in [4.69, 9.17) is 5.26 Å². The fraction of sp³-hybridized carbons (Fsp3) is 0.533. The van der Waals surface area contributed by atoms with Gasteiger partial charge in [0.15, 0.2) is 0 Å². The van der Waals surface area contributed by atoms with Crippen LogP contribution in [-0.4, -0.2) is 24.5 Å². The van der Waals surface area contributed by atoms with E-state index >= 15 is 0 Å². The van der Waals surface area contributed by atoms with Crippen LogP contribution in [0.3, 0.4) is 0 Å². The lowest BCUT2D eigenvalue weighted by atomic mass is 10.0. The molecule has 0 saturated carbocycles. The number of rotatable bonds is 4. The summed E-state index contributed by atoms with van der Waals surface area (Å²) in [5.41, 5.74) is 4.48. The summed E-state index contributed by atoms with van der Waals surface area (Å²) in [5, 5.41) is 8.84. The third kappa shape index (κ3) is 2.87. The van der Waals surface area contributed by atoms with E-state index in [-0.39, 0.29) is 6.04 Å². The van der Waals surface area contributed by atoms with Gasteiger partial charge in [-0.15, -0.1) is 0 Å². The predicted octanol–water partition coefficient (Wildman–Crippen LogP) is 2.56. The van der Waals surface area contributed by atoms with Crippen LogP contribution in [0.15, 0.2) is 18.2 Å². The van der Waals surface area contributed by atoms with Gasteiger partial charge in [0.1, 0.15) is 0 Å². The average molecular weight is 228 g/mol. The first-order valence-corrected chi connectivity index (χ1v) is 6.41. The van der Waals surface area contributed by atoms with Crippen molar-refractivity contribution in [3.63, 3.8) is 0 Å². The standard InChI is InChI=1S/C15H20N2/c1-12(11-16)17(2)9-8-13-6-7-14-4-3-5-15(14)10-13/h6-7,10,12H,3-5,8-9H2,1-2H3. The van der Waals surface area contributed by atoms with Gasteiger partial charge in [-0.1, -0.05) is 18.2 Å². The molecular formula is C15H20N2. The van der Waals surface area contributed by atoms with Gasteiger partial charge < -0.3 is 0 Å². The van der Waals surface area contributed by atoms with E-state index in [1.165, 1.54) is 30.4 Å². The smallest absolute Gasteiger partial charge is 0.0946 e. The van der Waals surface area contributed by atoms with Crippen molar-refractivity contribution in [3.05, 3.63) is 34.9 Å². The van der Waals surface area contributed by atoms with Crippen molar-refractivity contribution >= 4 is 0 Å². The van der Waals surface area contributed by atoms with Crippen LogP contribution in [0.5, 0.6) is 0 Å². The second-order valence-corrected chi connectivity index (χ2v) is 4.99. The van der Waals surface area contributed by atoms with E-state index in [2.05, 4.69) is 29.2 Å². The molecule has 0 heterocycles. The predicted molar refractivity (Wildman–Crippen MR) is 69.9 cm³/mol. The zero-order valence-electron chi connectivity index (χ0n) is 10.7. The third-order valence-electron chi connectivity index (χ3n) is 3.76. The SMILES string of the molecule is CC(C#N)N(C)CCc1ccc2c(c1)CCC2. The van der Waals surface area contributed by atoms with Crippen molar-refractivity contribution < 1.29 is 0 Å². The van der Waals surface area contributed by atoms with Gasteiger partial charge in [-0.2, -0.15) is 5.26 Å². The number of nitrogens with zero attached hydrogens (tertiary/aromatic N) is 2. The second-order valence-electron chi connectivity index (χ2n) is 4.99. The molecule has 0 radical (unpaired) electrons. The fourth-order valence-corrected chi connectivity index (χ4v) is 2.38. The highest BCUT2D eigenvalue weighted by atomic mass is 15.1. The number of hydrogen-bond acceptors (Lipinski definition) is 2. The van der Waals surface area contributed by atoms with Crippen LogP contribution in [0.2, 0.25) is 0 Å². The van der Waals surface area contributed by atoms with E-state index < -0.39 is 0 Å². The van der Waals surface area contributed by atoms with E-state index in [9.17, 15) is 0 Å². The minimum atomic E-state index is 0.00410. The lowest BCUT2D eigenvalue weighted by Crippen LogP contribution is -2.29. The summed E-state index contributed by atoms with van der Waals surface area (Å²) in [6, 6.07) is 9.16. The number of fused-ring (bicyclic) bond motifs is 1. The number of nitriles is 1. The molecule has 1 unspecified atom stereocenters. The number of likely N-dealkylation sites (N-methyl/N-ethyl adjacent to an activating group) is 1. The molecule has 17 heavy (non-hydrogen) atoms. The molecule has 1 aromatic carbocycles. The van der Waals surface area contributed by atoms with Gasteiger partial charge in [-0.05, 0) is 56.3 Å². The molecule has 2 heteroatoms. The van der Waals surface area contributed by atoms with Crippen LogP contribution in [0, 0.1) is 11.3 Å². The topological polar surface area (TPSA) is 27.0 Å². The molecule has 0 aliphatic heterocycles. The molecule has 0 fully saturated rings. The summed E-state index contributed by atoms with van der Waals surface area (Å²) in [6.45, 7) is 2.90. The summed E-state index contributed by atoms with van der Waals surface area (Å²) in [4.78, 5) is 2.10. The van der Waals surface area contributed by atoms with Crippen LogP contribution in [0.1, 0.15) is 30.0 Å². The number of aryl methyl sites for hydroxylation is 2. The summed E-state index contributed by atoms with van der Waals surface area (Å²) < 4.78 is 0. The van der Waals surface area contributed by atoms with Crippen molar-refractivity contribution in [2.24, 2.45) is 0 Å². The largest absolute Gasteiger partial charge is 0.291 e. The van der Waals surface area contributed by atoms with Gasteiger partial charge in [-0.25, -0.2) is 0 Å². The van der Waals surface area contributed by atoms with Gasteiger partial charge in [0.05, 0.1) is 12.1 Å². The highest BCUT2D eigenvalue weighted by Gasteiger charge is 2.11. The quantitative estimate of drug-likeness (QED) is 0.792. The molecule has 2 rings (SSSR count). The highest BCUT2D eigenvalue weighted by Crippen LogP contribution is 2.23. The molecule has 1 aliphatic rings. The van der Waals surface area contributed by atoms with Gasteiger partial charge in [0.25, 0.3) is 0 Å². The molecule has 0 amide bonds. The minimum absolute atomic E-state index is 0.00410. The first-order chi connectivity index (χ1) is 8.20. The molecule has 0 spiro atoms. The molecule has 0 saturated heterocycles. The maximum absolute atomic E-state index is 8.84. The van der Waals surface area contributed by atoms with E-state index in [0.717, 1.165) is 13.0 Å². The van der Waals surface area contributed by atoms with Gasteiger partial charge in [-0.3, -0.25) is 4.90 Å². The summed E-state index contributed by atoms with van der Waals surface area (Å²) >= 11 is 0.